The highest BCUT2D eigenvalue weighted by atomic mass is 79.9. The minimum atomic E-state index is -0.205. The molecule has 0 aliphatic carbocycles. The molecule has 108 valence electrons. The summed E-state index contributed by atoms with van der Waals surface area (Å²) < 4.78 is 0.940. The number of ketones is 1. The first-order valence-corrected chi connectivity index (χ1v) is 7.25. The van der Waals surface area contributed by atoms with Crippen molar-refractivity contribution in [1.29, 1.82) is 0 Å². The van der Waals surface area contributed by atoms with Crippen LogP contribution in [0, 0.1) is 0 Å². The Kier molecular flexibility index (Phi) is 5.11. The second kappa shape index (κ2) is 7.04. The lowest BCUT2D eigenvalue weighted by atomic mass is 10.1. The van der Waals surface area contributed by atoms with Gasteiger partial charge < -0.3 is 10.6 Å². The predicted octanol–water partition coefficient (Wildman–Crippen LogP) is 3.70. The zero-order valence-electron chi connectivity index (χ0n) is 11.5. The minimum absolute atomic E-state index is 0.0779. The fourth-order valence-corrected chi connectivity index (χ4v) is 2.27. The van der Waals surface area contributed by atoms with Crippen molar-refractivity contribution in [2.45, 2.75) is 6.92 Å². The number of anilines is 2. The van der Waals surface area contributed by atoms with Gasteiger partial charge in [0.05, 0.1) is 12.2 Å². The van der Waals surface area contributed by atoms with Gasteiger partial charge in [0.1, 0.15) is 0 Å². The second-order valence-electron chi connectivity index (χ2n) is 4.51. The summed E-state index contributed by atoms with van der Waals surface area (Å²) in [5.74, 6) is -0.283. The molecule has 0 bridgehead atoms. The van der Waals surface area contributed by atoms with E-state index in [-0.39, 0.29) is 18.2 Å². The Bertz CT molecular complexity index is 671. The van der Waals surface area contributed by atoms with E-state index in [1.165, 1.54) is 6.92 Å². The normalized spacial score (nSPS) is 10.0. The van der Waals surface area contributed by atoms with E-state index in [2.05, 4.69) is 26.6 Å². The molecule has 0 saturated carbocycles. The Morgan fingerprint density at radius 1 is 1.10 bits per heavy atom. The van der Waals surface area contributed by atoms with E-state index in [1.54, 1.807) is 24.3 Å². The van der Waals surface area contributed by atoms with Gasteiger partial charge >= 0.3 is 0 Å². The molecule has 0 fully saturated rings. The van der Waals surface area contributed by atoms with Gasteiger partial charge in [0, 0.05) is 15.7 Å². The SMILES string of the molecule is CC(=O)c1ccccc1NC(=O)CNc1cccc(Br)c1. The number of nitrogens with one attached hydrogen (secondary N) is 2. The van der Waals surface area contributed by atoms with Crippen molar-refractivity contribution >= 4 is 39.0 Å². The highest BCUT2D eigenvalue weighted by molar-refractivity contribution is 9.10. The molecule has 2 aromatic carbocycles. The quantitative estimate of drug-likeness (QED) is 0.811. The van der Waals surface area contributed by atoms with Gasteiger partial charge in [0.15, 0.2) is 5.78 Å². The van der Waals surface area contributed by atoms with Crippen LogP contribution in [0.25, 0.3) is 0 Å². The Labute approximate surface area is 131 Å². The molecule has 0 aromatic heterocycles. The second-order valence-corrected chi connectivity index (χ2v) is 5.43. The number of benzene rings is 2. The first-order valence-electron chi connectivity index (χ1n) is 6.45. The highest BCUT2D eigenvalue weighted by Gasteiger charge is 2.09. The van der Waals surface area contributed by atoms with Gasteiger partial charge in [-0.3, -0.25) is 9.59 Å². The third-order valence-corrected chi connectivity index (χ3v) is 3.35. The van der Waals surface area contributed by atoms with Crippen LogP contribution < -0.4 is 10.6 Å². The molecule has 4 nitrogen and oxygen atoms in total. The van der Waals surface area contributed by atoms with Gasteiger partial charge in [-0.25, -0.2) is 0 Å². The van der Waals surface area contributed by atoms with E-state index >= 15 is 0 Å². The zero-order valence-corrected chi connectivity index (χ0v) is 13.1. The summed E-state index contributed by atoms with van der Waals surface area (Å²) in [6.45, 7) is 1.60. The van der Waals surface area contributed by atoms with Crippen LogP contribution in [-0.2, 0) is 4.79 Å². The summed E-state index contributed by atoms with van der Waals surface area (Å²) in [5.41, 5.74) is 1.89. The predicted molar refractivity (Wildman–Crippen MR) is 87.7 cm³/mol. The molecule has 0 heterocycles. The van der Waals surface area contributed by atoms with E-state index in [1.807, 2.05) is 24.3 Å². The number of rotatable bonds is 5. The van der Waals surface area contributed by atoms with E-state index in [0.29, 0.717) is 11.3 Å². The van der Waals surface area contributed by atoms with Gasteiger partial charge in [-0.05, 0) is 37.3 Å². The Balaban J connectivity index is 1.98. The molecular formula is C16H15BrN2O2. The summed E-state index contributed by atoms with van der Waals surface area (Å²) in [4.78, 5) is 23.4. The summed E-state index contributed by atoms with van der Waals surface area (Å²) >= 11 is 3.37. The van der Waals surface area contributed by atoms with E-state index < -0.39 is 0 Å². The van der Waals surface area contributed by atoms with Crippen LogP contribution >= 0.6 is 15.9 Å². The van der Waals surface area contributed by atoms with Crippen molar-refractivity contribution in [1.82, 2.24) is 0 Å². The van der Waals surface area contributed by atoms with Crippen LogP contribution in [0.5, 0.6) is 0 Å². The lowest BCUT2D eigenvalue weighted by Crippen LogP contribution is -2.22. The molecule has 0 aliphatic rings. The van der Waals surface area contributed by atoms with Gasteiger partial charge in [-0.1, -0.05) is 34.1 Å². The molecule has 1 amide bonds. The molecule has 2 rings (SSSR count). The lowest BCUT2D eigenvalue weighted by Gasteiger charge is -2.10. The largest absolute Gasteiger partial charge is 0.376 e. The molecule has 2 N–H and O–H groups in total. The number of carbonyl (C=O) groups is 2. The van der Waals surface area contributed by atoms with Crippen molar-refractivity contribution in [3.8, 4) is 0 Å². The summed E-state index contributed by atoms with van der Waals surface area (Å²) in [5, 5.41) is 5.77. The molecule has 0 atom stereocenters. The van der Waals surface area contributed by atoms with Crippen molar-refractivity contribution < 1.29 is 9.59 Å². The Hall–Kier alpha value is -2.14. The minimum Gasteiger partial charge on any atom is -0.376 e. The van der Waals surface area contributed by atoms with Crippen molar-refractivity contribution in [2.24, 2.45) is 0 Å². The first kappa shape index (κ1) is 15.3. The fraction of sp³-hybridized carbons (Fsp3) is 0.125. The number of carbonyl (C=O) groups excluding carboxylic acids is 2. The van der Waals surface area contributed by atoms with Crippen LogP contribution in [0.1, 0.15) is 17.3 Å². The number of para-hydroxylation sites is 1. The number of amides is 1. The third-order valence-electron chi connectivity index (χ3n) is 2.86. The zero-order chi connectivity index (χ0) is 15.2. The maximum absolute atomic E-state index is 11.9. The molecule has 2 aromatic rings. The van der Waals surface area contributed by atoms with E-state index in [9.17, 15) is 9.59 Å². The maximum Gasteiger partial charge on any atom is 0.243 e. The van der Waals surface area contributed by atoms with E-state index in [0.717, 1.165) is 10.2 Å². The third kappa shape index (κ3) is 4.43. The number of hydrogen-bond donors (Lipinski definition) is 2. The maximum atomic E-state index is 11.9. The molecule has 5 heteroatoms. The molecule has 0 spiro atoms. The molecule has 21 heavy (non-hydrogen) atoms. The van der Waals surface area contributed by atoms with Crippen LogP contribution in [0.2, 0.25) is 0 Å². The average molecular weight is 347 g/mol. The van der Waals surface area contributed by atoms with Crippen LogP contribution in [0.3, 0.4) is 0 Å². The van der Waals surface area contributed by atoms with Crippen molar-refractivity contribution in [2.75, 3.05) is 17.2 Å². The first-order chi connectivity index (χ1) is 10.1. The Morgan fingerprint density at radius 3 is 2.57 bits per heavy atom. The highest BCUT2D eigenvalue weighted by Crippen LogP contribution is 2.17. The summed E-state index contributed by atoms with van der Waals surface area (Å²) in [7, 11) is 0. The van der Waals surface area contributed by atoms with E-state index in [4.69, 9.17) is 0 Å². The lowest BCUT2D eigenvalue weighted by molar-refractivity contribution is -0.114. The van der Waals surface area contributed by atoms with Crippen molar-refractivity contribution in [3.63, 3.8) is 0 Å². The Morgan fingerprint density at radius 2 is 1.86 bits per heavy atom. The molecule has 0 aliphatic heterocycles. The van der Waals surface area contributed by atoms with Crippen LogP contribution in [0.15, 0.2) is 53.0 Å². The van der Waals surface area contributed by atoms with Crippen LogP contribution in [0.4, 0.5) is 11.4 Å². The summed E-state index contributed by atoms with van der Waals surface area (Å²) in [6.07, 6.45) is 0. The van der Waals surface area contributed by atoms with Crippen molar-refractivity contribution in [3.05, 3.63) is 58.6 Å². The fourth-order valence-electron chi connectivity index (χ4n) is 1.87. The number of halogens is 1. The standard InChI is InChI=1S/C16H15BrN2O2/c1-11(20)14-7-2-3-8-15(14)19-16(21)10-18-13-6-4-5-12(17)9-13/h2-9,18H,10H2,1H3,(H,19,21). The molecule has 0 unspecified atom stereocenters. The van der Waals surface area contributed by atoms with Gasteiger partial charge in [-0.15, -0.1) is 0 Å². The summed E-state index contributed by atoms with van der Waals surface area (Å²) in [6, 6.07) is 14.5. The topological polar surface area (TPSA) is 58.2 Å². The van der Waals surface area contributed by atoms with Crippen LogP contribution in [-0.4, -0.2) is 18.2 Å². The van der Waals surface area contributed by atoms with Gasteiger partial charge in [-0.2, -0.15) is 0 Å². The molecule has 0 saturated heterocycles. The van der Waals surface area contributed by atoms with Gasteiger partial charge in [0.25, 0.3) is 0 Å². The average Bonchev–Trinajstić information content (AvgIpc) is 2.45. The smallest absolute Gasteiger partial charge is 0.243 e. The number of Topliss-reactive ketones (excluding diaryl/α,β-unsaturated/α-hetero) is 1. The number of hydrogen-bond acceptors (Lipinski definition) is 3. The monoisotopic (exact) mass is 346 g/mol. The molecular weight excluding hydrogens is 332 g/mol. The van der Waals surface area contributed by atoms with Gasteiger partial charge in [0.2, 0.25) is 5.91 Å². The molecule has 0 radical (unpaired) electrons.